The van der Waals surface area contributed by atoms with Gasteiger partial charge in [0.15, 0.2) is 0 Å². The molecule has 0 bridgehead atoms. The molecule has 25 heavy (non-hydrogen) atoms. The van der Waals surface area contributed by atoms with Crippen LogP contribution in [0.15, 0.2) is 18.2 Å². The zero-order valence-corrected chi connectivity index (χ0v) is 15.2. The van der Waals surface area contributed by atoms with Gasteiger partial charge < -0.3 is 21.1 Å². The highest BCUT2D eigenvalue weighted by molar-refractivity contribution is 5.94. The van der Waals surface area contributed by atoms with Gasteiger partial charge >= 0.3 is 0 Å². The molecule has 0 saturated heterocycles. The highest BCUT2D eigenvalue weighted by Crippen LogP contribution is 2.26. The number of rotatable bonds is 9. The first-order chi connectivity index (χ1) is 12.0. The lowest BCUT2D eigenvalue weighted by atomic mass is 9.92. The topological polar surface area (TPSA) is 93.4 Å². The maximum absolute atomic E-state index is 12.1. The van der Waals surface area contributed by atoms with Crippen LogP contribution in [-0.2, 0) is 16.0 Å². The molecule has 2 amide bonds. The number of carbonyl (C=O) groups is 2. The molecule has 1 aromatic rings. The standard InChI is InChI=1S/C19H29N3O3/c1-3-19(4-2,13-20)22-18(24)6-5-11-25-15-8-9-16-14(12-15)7-10-17(23)21-16/h8-9,12H,3-7,10-11,13,20H2,1-2H3,(H,21,23)(H,22,24). The molecule has 6 nitrogen and oxygen atoms in total. The van der Waals surface area contributed by atoms with Gasteiger partial charge in [0.25, 0.3) is 0 Å². The smallest absolute Gasteiger partial charge is 0.224 e. The third-order valence-electron chi connectivity index (χ3n) is 4.94. The predicted octanol–water partition coefficient (Wildman–Crippen LogP) is 2.36. The number of benzene rings is 1. The van der Waals surface area contributed by atoms with Gasteiger partial charge in [-0.1, -0.05) is 13.8 Å². The summed E-state index contributed by atoms with van der Waals surface area (Å²) in [7, 11) is 0. The predicted molar refractivity (Wildman–Crippen MR) is 98.6 cm³/mol. The summed E-state index contributed by atoms with van der Waals surface area (Å²) < 4.78 is 5.74. The number of aryl methyl sites for hydroxylation is 1. The van der Waals surface area contributed by atoms with Crippen LogP contribution in [0.2, 0.25) is 0 Å². The van der Waals surface area contributed by atoms with E-state index in [2.05, 4.69) is 10.6 Å². The average molecular weight is 347 g/mol. The molecular weight excluding hydrogens is 318 g/mol. The highest BCUT2D eigenvalue weighted by Gasteiger charge is 2.25. The summed E-state index contributed by atoms with van der Waals surface area (Å²) in [5.74, 6) is 0.847. The van der Waals surface area contributed by atoms with E-state index in [4.69, 9.17) is 10.5 Å². The number of carbonyl (C=O) groups excluding carboxylic acids is 2. The van der Waals surface area contributed by atoms with Crippen LogP contribution in [0.25, 0.3) is 0 Å². The number of ether oxygens (including phenoxy) is 1. The minimum atomic E-state index is -0.291. The van der Waals surface area contributed by atoms with Crippen molar-refractivity contribution in [3.63, 3.8) is 0 Å². The van der Waals surface area contributed by atoms with Crippen molar-refractivity contribution in [1.82, 2.24) is 5.32 Å². The van der Waals surface area contributed by atoms with Crippen molar-refractivity contribution in [1.29, 1.82) is 0 Å². The van der Waals surface area contributed by atoms with Gasteiger partial charge in [-0.05, 0) is 49.4 Å². The van der Waals surface area contributed by atoms with Crippen LogP contribution in [0.1, 0.15) is 51.5 Å². The number of hydrogen-bond acceptors (Lipinski definition) is 4. The van der Waals surface area contributed by atoms with Gasteiger partial charge in [0.2, 0.25) is 11.8 Å². The lowest BCUT2D eigenvalue weighted by Crippen LogP contribution is -2.52. The largest absolute Gasteiger partial charge is 0.494 e. The Labute approximate surface area is 149 Å². The molecule has 0 atom stereocenters. The fourth-order valence-corrected chi connectivity index (χ4v) is 3.00. The fourth-order valence-electron chi connectivity index (χ4n) is 3.00. The molecule has 0 spiro atoms. The van der Waals surface area contributed by atoms with Gasteiger partial charge in [-0.3, -0.25) is 9.59 Å². The van der Waals surface area contributed by atoms with Crippen molar-refractivity contribution in [2.75, 3.05) is 18.5 Å². The zero-order chi connectivity index (χ0) is 18.3. The molecule has 1 aliphatic heterocycles. The van der Waals surface area contributed by atoms with Gasteiger partial charge in [-0.15, -0.1) is 0 Å². The molecule has 0 saturated carbocycles. The molecule has 1 aromatic carbocycles. The summed E-state index contributed by atoms with van der Waals surface area (Å²) >= 11 is 0. The minimum absolute atomic E-state index is 0.0194. The van der Waals surface area contributed by atoms with Gasteiger partial charge in [0.1, 0.15) is 5.75 Å². The van der Waals surface area contributed by atoms with Gasteiger partial charge in [0, 0.05) is 25.1 Å². The van der Waals surface area contributed by atoms with E-state index in [-0.39, 0.29) is 17.4 Å². The van der Waals surface area contributed by atoms with E-state index in [9.17, 15) is 9.59 Å². The summed E-state index contributed by atoms with van der Waals surface area (Å²) in [4.78, 5) is 23.5. The van der Waals surface area contributed by atoms with Crippen LogP contribution in [0.5, 0.6) is 5.75 Å². The Bertz CT molecular complexity index is 604. The Balaban J connectivity index is 1.76. The van der Waals surface area contributed by atoms with Crippen molar-refractivity contribution in [3.05, 3.63) is 23.8 Å². The molecule has 0 aliphatic carbocycles. The normalized spacial score (nSPS) is 13.8. The molecule has 0 aromatic heterocycles. The number of hydrogen-bond donors (Lipinski definition) is 3. The first kappa shape index (κ1) is 19.2. The van der Waals surface area contributed by atoms with E-state index >= 15 is 0 Å². The van der Waals surface area contributed by atoms with Crippen LogP contribution in [0.3, 0.4) is 0 Å². The number of nitrogens with one attached hydrogen (secondary N) is 2. The van der Waals surface area contributed by atoms with Gasteiger partial charge in [-0.25, -0.2) is 0 Å². The molecule has 0 unspecified atom stereocenters. The van der Waals surface area contributed by atoms with Crippen LogP contribution >= 0.6 is 0 Å². The summed E-state index contributed by atoms with van der Waals surface area (Å²) in [5, 5.41) is 5.91. The molecule has 1 aliphatic rings. The first-order valence-corrected chi connectivity index (χ1v) is 9.08. The van der Waals surface area contributed by atoms with Crippen LogP contribution in [-0.4, -0.2) is 30.5 Å². The Kier molecular flexibility index (Phi) is 6.82. The molecular formula is C19H29N3O3. The maximum Gasteiger partial charge on any atom is 0.224 e. The molecule has 6 heteroatoms. The summed E-state index contributed by atoms with van der Waals surface area (Å²) in [6.45, 7) is 5.01. The summed E-state index contributed by atoms with van der Waals surface area (Å²) in [5.41, 5.74) is 7.47. The van der Waals surface area contributed by atoms with Crippen molar-refractivity contribution in [2.24, 2.45) is 5.73 Å². The second kappa shape index (κ2) is 8.85. The zero-order valence-electron chi connectivity index (χ0n) is 15.2. The van der Waals surface area contributed by atoms with E-state index < -0.39 is 0 Å². The quantitative estimate of drug-likeness (QED) is 0.598. The maximum atomic E-state index is 12.1. The Morgan fingerprint density at radius 2 is 2.08 bits per heavy atom. The van der Waals surface area contributed by atoms with Crippen LogP contribution in [0.4, 0.5) is 5.69 Å². The second-order valence-electron chi connectivity index (χ2n) is 6.56. The summed E-state index contributed by atoms with van der Waals surface area (Å²) in [6.07, 6.45) is 3.96. The minimum Gasteiger partial charge on any atom is -0.494 e. The van der Waals surface area contributed by atoms with E-state index in [1.54, 1.807) is 0 Å². The number of amides is 2. The second-order valence-corrected chi connectivity index (χ2v) is 6.56. The SMILES string of the molecule is CCC(CC)(CN)NC(=O)CCCOc1ccc2c(c1)CCC(=O)N2. The van der Waals surface area contributed by atoms with Gasteiger partial charge in [0.05, 0.1) is 12.1 Å². The van der Waals surface area contributed by atoms with Crippen LogP contribution < -0.4 is 21.1 Å². The monoisotopic (exact) mass is 347 g/mol. The Morgan fingerprint density at radius 3 is 2.76 bits per heavy atom. The van der Waals surface area contributed by atoms with Gasteiger partial charge in [-0.2, -0.15) is 0 Å². The summed E-state index contributed by atoms with van der Waals surface area (Å²) in [6, 6.07) is 5.67. The molecule has 0 fully saturated rings. The molecule has 4 N–H and O–H groups in total. The lowest BCUT2D eigenvalue weighted by Gasteiger charge is -2.31. The molecule has 138 valence electrons. The Morgan fingerprint density at radius 1 is 1.32 bits per heavy atom. The third kappa shape index (κ3) is 5.19. The van der Waals surface area contributed by atoms with Crippen molar-refractivity contribution < 1.29 is 14.3 Å². The van der Waals surface area contributed by atoms with Crippen molar-refractivity contribution >= 4 is 17.5 Å². The lowest BCUT2D eigenvalue weighted by molar-refractivity contribution is -0.123. The Hall–Kier alpha value is -2.08. The van der Waals surface area contributed by atoms with E-state index in [0.29, 0.717) is 32.4 Å². The van der Waals surface area contributed by atoms with E-state index in [1.807, 2.05) is 32.0 Å². The molecule has 0 radical (unpaired) electrons. The fraction of sp³-hybridized carbons (Fsp3) is 0.579. The number of anilines is 1. The third-order valence-corrected chi connectivity index (χ3v) is 4.94. The van der Waals surface area contributed by atoms with E-state index in [0.717, 1.165) is 36.3 Å². The highest BCUT2D eigenvalue weighted by atomic mass is 16.5. The van der Waals surface area contributed by atoms with E-state index in [1.165, 1.54) is 0 Å². The van der Waals surface area contributed by atoms with Crippen molar-refractivity contribution in [3.8, 4) is 5.75 Å². The average Bonchev–Trinajstić information content (AvgIpc) is 2.63. The molecule has 2 rings (SSSR count). The van der Waals surface area contributed by atoms with Crippen molar-refractivity contribution in [2.45, 2.75) is 57.9 Å². The van der Waals surface area contributed by atoms with Crippen LogP contribution in [0, 0.1) is 0 Å². The molecule has 1 heterocycles. The number of fused-ring (bicyclic) bond motifs is 1. The first-order valence-electron chi connectivity index (χ1n) is 9.08. The number of nitrogens with two attached hydrogens (primary N) is 1.